The van der Waals surface area contributed by atoms with Gasteiger partial charge in [-0.25, -0.2) is 4.79 Å². The first-order valence-corrected chi connectivity index (χ1v) is 9.08. The highest BCUT2D eigenvalue weighted by molar-refractivity contribution is 5.84. The zero-order valence-corrected chi connectivity index (χ0v) is 15.1. The van der Waals surface area contributed by atoms with E-state index in [-0.39, 0.29) is 11.9 Å². The Hall–Kier alpha value is -1.84. The highest BCUT2D eigenvalue weighted by Gasteiger charge is 2.20. The van der Waals surface area contributed by atoms with E-state index in [0.29, 0.717) is 19.3 Å². The van der Waals surface area contributed by atoms with Gasteiger partial charge >= 0.3 is 5.97 Å². The molecule has 0 saturated carbocycles. The van der Waals surface area contributed by atoms with Crippen molar-refractivity contribution in [2.45, 2.75) is 70.8 Å². The molecule has 1 atom stereocenters. The molecule has 24 heavy (non-hydrogen) atoms. The van der Waals surface area contributed by atoms with Crippen molar-refractivity contribution < 1.29 is 14.3 Å². The summed E-state index contributed by atoms with van der Waals surface area (Å²) < 4.78 is 4.82. The van der Waals surface area contributed by atoms with Crippen LogP contribution < -0.4 is 5.32 Å². The number of aryl methyl sites for hydroxylation is 1. The predicted molar refractivity (Wildman–Crippen MR) is 96.7 cm³/mol. The van der Waals surface area contributed by atoms with Gasteiger partial charge in [0, 0.05) is 6.42 Å². The second kappa shape index (κ2) is 12.6. The normalized spacial score (nSPS) is 11.8. The second-order valence-electron chi connectivity index (χ2n) is 6.19. The summed E-state index contributed by atoms with van der Waals surface area (Å²) in [6, 6.07) is 9.36. The molecule has 1 N–H and O–H groups in total. The van der Waals surface area contributed by atoms with E-state index in [1.165, 1.54) is 32.8 Å². The van der Waals surface area contributed by atoms with Crippen LogP contribution >= 0.6 is 0 Å². The molecule has 0 aliphatic carbocycles. The van der Waals surface area contributed by atoms with Crippen LogP contribution in [0.4, 0.5) is 0 Å². The zero-order valence-electron chi connectivity index (χ0n) is 15.1. The van der Waals surface area contributed by atoms with Crippen LogP contribution in [0.15, 0.2) is 30.3 Å². The van der Waals surface area contributed by atoms with E-state index in [4.69, 9.17) is 4.74 Å². The molecule has 0 aliphatic heterocycles. The van der Waals surface area contributed by atoms with Crippen molar-refractivity contribution in [3.63, 3.8) is 0 Å². The van der Waals surface area contributed by atoms with Crippen LogP contribution in [0.5, 0.6) is 0 Å². The summed E-state index contributed by atoms with van der Waals surface area (Å²) in [6.07, 6.45) is 8.64. The van der Waals surface area contributed by atoms with Gasteiger partial charge in [0.25, 0.3) is 0 Å². The maximum absolute atomic E-state index is 12.1. The number of benzene rings is 1. The summed E-state index contributed by atoms with van der Waals surface area (Å²) >= 11 is 0. The van der Waals surface area contributed by atoms with Crippen LogP contribution in [0.25, 0.3) is 0 Å². The van der Waals surface area contributed by atoms with Crippen LogP contribution in [0.1, 0.15) is 63.9 Å². The molecule has 4 nitrogen and oxygen atoms in total. The number of carbonyl (C=O) groups excluding carboxylic acids is 2. The Labute approximate surface area is 146 Å². The number of esters is 1. The molecule has 1 amide bonds. The predicted octanol–water partition coefficient (Wildman–Crippen LogP) is 4.03. The van der Waals surface area contributed by atoms with E-state index in [1.54, 1.807) is 0 Å². The van der Waals surface area contributed by atoms with Crippen LogP contribution in [0.2, 0.25) is 0 Å². The number of hydrogen-bond donors (Lipinski definition) is 1. The average Bonchev–Trinajstić information content (AvgIpc) is 2.62. The monoisotopic (exact) mass is 333 g/mol. The maximum atomic E-state index is 12.1. The number of rotatable bonds is 12. The molecular weight excluding hydrogens is 302 g/mol. The average molecular weight is 333 g/mol. The smallest absolute Gasteiger partial charge is 0.328 e. The fourth-order valence-electron chi connectivity index (χ4n) is 2.69. The highest BCUT2D eigenvalue weighted by Crippen LogP contribution is 2.10. The van der Waals surface area contributed by atoms with Gasteiger partial charge in [0.2, 0.25) is 5.91 Å². The molecule has 0 aromatic heterocycles. The molecule has 0 saturated heterocycles. The SMILES string of the molecule is CCCCCCCC[C@H](NC(=O)CCc1ccccc1)C(=O)OC. The number of nitrogens with one attached hydrogen (secondary N) is 1. The summed E-state index contributed by atoms with van der Waals surface area (Å²) in [4.78, 5) is 24.0. The maximum Gasteiger partial charge on any atom is 0.328 e. The lowest BCUT2D eigenvalue weighted by Gasteiger charge is -2.16. The van der Waals surface area contributed by atoms with Crippen molar-refractivity contribution in [1.82, 2.24) is 5.32 Å². The molecule has 0 aliphatic rings. The fourth-order valence-corrected chi connectivity index (χ4v) is 2.69. The molecule has 4 heteroatoms. The molecule has 1 rings (SSSR count). The molecule has 0 fully saturated rings. The van der Waals surface area contributed by atoms with E-state index in [2.05, 4.69) is 12.2 Å². The van der Waals surface area contributed by atoms with Crippen molar-refractivity contribution in [1.29, 1.82) is 0 Å². The van der Waals surface area contributed by atoms with E-state index in [9.17, 15) is 9.59 Å². The summed E-state index contributed by atoms with van der Waals surface area (Å²) in [5.74, 6) is -0.447. The minimum atomic E-state index is -0.524. The van der Waals surface area contributed by atoms with Crippen molar-refractivity contribution in [3.8, 4) is 0 Å². The summed E-state index contributed by atoms with van der Waals surface area (Å²) in [6.45, 7) is 2.19. The van der Waals surface area contributed by atoms with Crippen LogP contribution in [-0.2, 0) is 20.7 Å². The lowest BCUT2D eigenvalue weighted by Crippen LogP contribution is -2.41. The minimum absolute atomic E-state index is 0.0970. The molecule has 0 unspecified atom stereocenters. The molecule has 1 aromatic carbocycles. The van der Waals surface area contributed by atoms with Gasteiger partial charge in [-0.1, -0.05) is 75.8 Å². The molecule has 0 spiro atoms. The zero-order chi connectivity index (χ0) is 17.6. The number of hydrogen-bond acceptors (Lipinski definition) is 3. The third-order valence-electron chi connectivity index (χ3n) is 4.15. The van der Waals surface area contributed by atoms with Crippen LogP contribution in [0.3, 0.4) is 0 Å². The Balaban J connectivity index is 2.33. The quantitative estimate of drug-likeness (QED) is 0.464. The van der Waals surface area contributed by atoms with E-state index in [0.717, 1.165) is 18.4 Å². The Bertz CT molecular complexity index is 473. The van der Waals surface area contributed by atoms with Gasteiger partial charge in [0.1, 0.15) is 6.04 Å². The number of ether oxygens (including phenoxy) is 1. The Morgan fingerprint density at radius 1 is 1.04 bits per heavy atom. The third kappa shape index (κ3) is 8.70. The van der Waals surface area contributed by atoms with Gasteiger partial charge in [-0.15, -0.1) is 0 Å². The molecule has 0 radical (unpaired) electrons. The third-order valence-corrected chi connectivity index (χ3v) is 4.15. The van der Waals surface area contributed by atoms with Crippen LogP contribution in [-0.4, -0.2) is 25.0 Å². The second-order valence-corrected chi connectivity index (χ2v) is 6.19. The Morgan fingerprint density at radius 2 is 1.71 bits per heavy atom. The Morgan fingerprint density at radius 3 is 2.38 bits per heavy atom. The van der Waals surface area contributed by atoms with E-state index >= 15 is 0 Å². The van der Waals surface area contributed by atoms with Crippen LogP contribution in [0, 0.1) is 0 Å². The van der Waals surface area contributed by atoms with Crippen molar-refractivity contribution in [2.24, 2.45) is 0 Å². The van der Waals surface area contributed by atoms with Gasteiger partial charge in [0.15, 0.2) is 0 Å². The minimum Gasteiger partial charge on any atom is -0.467 e. The molecule has 0 bridgehead atoms. The summed E-state index contributed by atoms with van der Waals surface area (Å²) in [5.41, 5.74) is 1.12. The van der Waals surface area contributed by atoms with Gasteiger partial charge < -0.3 is 10.1 Å². The highest BCUT2D eigenvalue weighted by atomic mass is 16.5. The standard InChI is InChI=1S/C20H31NO3/c1-3-4-5-6-7-11-14-18(20(23)24-2)21-19(22)16-15-17-12-9-8-10-13-17/h8-10,12-13,18H,3-7,11,14-16H2,1-2H3,(H,21,22)/t18-/m0/s1. The van der Waals surface area contributed by atoms with E-state index in [1.807, 2.05) is 30.3 Å². The Kier molecular flexibility index (Phi) is 10.6. The number of methoxy groups -OCH3 is 1. The fraction of sp³-hybridized carbons (Fsp3) is 0.600. The number of unbranched alkanes of at least 4 members (excludes halogenated alkanes) is 5. The van der Waals surface area contributed by atoms with Gasteiger partial charge in [0.05, 0.1) is 7.11 Å². The molecule has 1 aromatic rings. The summed E-state index contributed by atoms with van der Waals surface area (Å²) in [5, 5.41) is 2.83. The number of amides is 1. The summed E-state index contributed by atoms with van der Waals surface area (Å²) in [7, 11) is 1.37. The molecule has 0 heterocycles. The lowest BCUT2D eigenvalue weighted by atomic mass is 10.0. The largest absolute Gasteiger partial charge is 0.467 e. The lowest BCUT2D eigenvalue weighted by molar-refractivity contribution is -0.145. The topological polar surface area (TPSA) is 55.4 Å². The van der Waals surface area contributed by atoms with Gasteiger partial charge in [-0.3, -0.25) is 4.79 Å². The van der Waals surface area contributed by atoms with Crippen molar-refractivity contribution >= 4 is 11.9 Å². The first-order valence-electron chi connectivity index (χ1n) is 9.08. The first-order chi connectivity index (χ1) is 11.7. The van der Waals surface area contributed by atoms with Gasteiger partial charge in [-0.2, -0.15) is 0 Å². The van der Waals surface area contributed by atoms with Gasteiger partial charge in [-0.05, 0) is 18.4 Å². The van der Waals surface area contributed by atoms with Crippen molar-refractivity contribution in [3.05, 3.63) is 35.9 Å². The van der Waals surface area contributed by atoms with Crippen molar-refractivity contribution in [2.75, 3.05) is 7.11 Å². The van der Waals surface area contributed by atoms with E-state index < -0.39 is 6.04 Å². The molecule has 134 valence electrons. The number of carbonyl (C=O) groups is 2. The first kappa shape index (κ1) is 20.2. The molecular formula is C20H31NO3.